The van der Waals surface area contributed by atoms with Crippen LogP contribution in [-0.4, -0.2) is 46.4 Å². The highest BCUT2D eigenvalue weighted by molar-refractivity contribution is 6.00. The minimum absolute atomic E-state index is 0.223. The molecule has 7 nitrogen and oxygen atoms in total. The van der Waals surface area contributed by atoms with Crippen LogP contribution in [0.15, 0.2) is 42.6 Å². The number of aryl methyl sites for hydroxylation is 2. The predicted octanol–water partition coefficient (Wildman–Crippen LogP) is 3.29. The van der Waals surface area contributed by atoms with E-state index in [-0.39, 0.29) is 12.4 Å². The first-order chi connectivity index (χ1) is 13.9. The first-order valence-electron chi connectivity index (χ1n) is 9.39. The van der Waals surface area contributed by atoms with E-state index in [2.05, 4.69) is 5.10 Å². The summed E-state index contributed by atoms with van der Waals surface area (Å²) in [5, 5.41) is 4.24. The zero-order valence-electron chi connectivity index (χ0n) is 17.1. The second-order valence-electron chi connectivity index (χ2n) is 6.86. The van der Waals surface area contributed by atoms with E-state index in [0.29, 0.717) is 24.3 Å². The molecule has 7 heteroatoms. The molecule has 0 bridgehead atoms. The van der Waals surface area contributed by atoms with Gasteiger partial charge in [0.25, 0.3) is 0 Å². The first-order valence-corrected chi connectivity index (χ1v) is 9.39. The summed E-state index contributed by atoms with van der Waals surface area (Å²) in [7, 11) is 1.64. The molecule has 0 spiro atoms. The summed E-state index contributed by atoms with van der Waals surface area (Å²) in [6.07, 6.45) is 1.72. The molecule has 29 heavy (non-hydrogen) atoms. The van der Waals surface area contributed by atoms with Crippen LogP contribution in [0.2, 0.25) is 0 Å². The molecule has 0 aliphatic rings. The Balaban J connectivity index is 1.63. The minimum Gasteiger partial charge on any atom is -0.454 e. The van der Waals surface area contributed by atoms with E-state index >= 15 is 0 Å². The van der Waals surface area contributed by atoms with Gasteiger partial charge < -0.3 is 14.0 Å². The molecule has 0 aliphatic heterocycles. The lowest BCUT2D eigenvalue weighted by Gasteiger charge is -2.09. The van der Waals surface area contributed by atoms with Crippen molar-refractivity contribution in [3.63, 3.8) is 0 Å². The summed E-state index contributed by atoms with van der Waals surface area (Å²) in [5.41, 5.74) is 4.61. The molecule has 0 unspecified atom stereocenters. The van der Waals surface area contributed by atoms with Crippen molar-refractivity contribution < 1.29 is 19.1 Å². The van der Waals surface area contributed by atoms with Gasteiger partial charge in [0, 0.05) is 42.5 Å². The summed E-state index contributed by atoms with van der Waals surface area (Å²) < 4.78 is 14.1. The van der Waals surface area contributed by atoms with Gasteiger partial charge in [-0.15, -0.1) is 0 Å². The largest absolute Gasteiger partial charge is 0.454 e. The van der Waals surface area contributed by atoms with E-state index in [1.165, 1.54) is 0 Å². The van der Waals surface area contributed by atoms with Crippen LogP contribution in [0.3, 0.4) is 0 Å². The Morgan fingerprint density at radius 2 is 1.76 bits per heavy atom. The van der Waals surface area contributed by atoms with Gasteiger partial charge in [0.1, 0.15) is 0 Å². The van der Waals surface area contributed by atoms with Crippen molar-refractivity contribution >= 4 is 11.8 Å². The van der Waals surface area contributed by atoms with Gasteiger partial charge in [0.15, 0.2) is 6.61 Å². The van der Waals surface area contributed by atoms with Crippen molar-refractivity contribution in [2.75, 3.05) is 20.3 Å². The molecule has 0 N–H and O–H groups in total. The highest BCUT2D eigenvalue weighted by atomic mass is 16.5. The van der Waals surface area contributed by atoms with Crippen LogP contribution >= 0.6 is 0 Å². The van der Waals surface area contributed by atoms with Crippen LogP contribution in [0.5, 0.6) is 0 Å². The molecule has 0 radical (unpaired) electrons. The number of nitrogens with zero attached hydrogens (tertiary/aromatic N) is 3. The average Bonchev–Trinajstić information content (AvgIpc) is 3.27. The topological polar surface area (TPSA) is 75.3 Å². The number of benzene rings is 1. The van der Waals surface area contributed by atoms with Gasteiger partial charge in [-0.1, -0.05) is 0 Å². The molecule has 1 aromatic carbocycles. The fourth-order valence-corrected chi connectivity index (χ4v) is 3.28. The fourth-order valence-electron chi connectivity index (χ4n) is 3.28. The maximum Gasteiger partial charge on any atom is 0.338 e. The molecule has 0 saturated carbocycles. The summed E-state index contributed by atoms with van der Waals surface area (Å²) >= 11 is 0. The molecular formula is C22H25N3O4. The zero-order chi connectivity index (χ0) is 21.0. The quantitative estimate of drug-likeness (QED) is 0.432. The maximum atomic E-state index is 12.6. The van der Waals surface area contributed by atoms with E-state index in [9.17, 15) is 9.59 Å². The van der Waals surface area contributed by atoms with Crippen LogP contribution in [0, 0.1) is 20.8 Å². The fraction of sp³-hybridized carbons (Fsp3) is 0.318. The van der Waals surface area contributed by atoms with E-state index in [1.807, 2.05) is 37.5 Å². The van der Waals surface area contributed by atoms with Crippen LogP contribution in [0.1, 0.15) is 37.8 Å². The molecule has 0 atom stereocenters. The summed E-state index contributed by atoms with van der Waals surface area (Å²) in [6.45, 7) is 6.71. The second-order valence-corrected chi connectivity index (χ2v) is 6.86. The molecule has 0 amide bonds. The number of Topliss-reactive ketones (excluding diaryl/α,β-unsaturated/α-hetero) is 1. The number of ether oxygens (including phenoxy) is 2. The minimum atomic E-state index is -0.532. The van der Waals surface area contributed by atoms with Crippen molar-refractivity contribution in [1.82, 2.24) is 14.3 Å². The smallest absolute Gasteiger partial charge is 0.338 e. The van der Waals surface area contributed by atoms with Crippen molar-refractivity contribution in [2.45, 2.75) is 27.3 Å². The lowest BCUT2D eigenvalue weighted by Crippen LogP contribution is -2.15. The summed E-state index contributed by atoms with van der Waals surface area (Å²) in [4.78, 5) is 24.9. The number of esters is 1. The average molecular weight is 395 g/mol. The van der Waals surface area contributed by atoms with E-state index < -0.39 is 5.97 Å². The Morgan fingerprint density at radius 1 is 1.03 bits per heavy atom. The van der Waals surface area contributed by atoms with E-state index in [4.69, 9.17) is 9.47 Å². The molecule has 2 heterocycles. The van der Waals surface area contributed by atoms with Gasteiger partial charge in [-0.2, -0.15) is 5.10 Å². The summed E-state index contributed by atoms with van der Waals surface area (Å²) in [6, 6.07) is 10.6. The van der Waals surface area contributed by atoms with Crippen molar-refractivity contribution in [3.8, 4) is 5.69 Å². The second kappa shape index (κ2) is 8.87. The van der Waals surface area contributed by atoms with Crippen molar-refractivity contribution in [1.29, 1.82) is 0 Å². The number of aromatic nitrogens is 3. The van der Waals surface area contributed by atoms with Crippen LogP contribution in [-0.2, 0) is 16.0 Å². The number of carbonyl (C=O) groups excluding carboxylic acids is 2. The normalized spacial score (nSPS) is 10.9. The lowest BCUT2D eigenvalue weighted by molar-refractivity contribution is 0.0474. The Labute approximate surface area is 169 Å². The number of carbonyl (C=O) groups is 2. The molecule has 3 aromatic rings. The Kier molecular flexibility index (Phi) is 6.29. The van der Waals surface area contributed by atoms with Crippen LogP contribution in [0.25, 0.3) is 5.69 Å². The lowest BCUT2D eigenvalue weighted by atomic mass is 10.1. The molecule has 0 aliphatic carbocycles. The predicted molar refractivity (Wildman–Crippen MR) is 109 cm³/mol. The molecular weight excluding hydrogens is 370 g/mol. The third kappa shape index (κ3) is 4.46. The van der Waals surface area contributed by atoms with Gasteiger partial charge in [-0.25, -0.2) is 9.48 Å². The molecule has 0 fully saturated rings. The van der Waals surface area contributed by atoms with Crippen molar-refractivity contribution in [2.24, 2.45) is 0 Å². The molecule has 3 rings (SSSR count). The third-order valence-corrected chi connectivity index (χ3v) is 4.91. The number of hydrogen-bond donors (Lipinski definition) is 0. The Morgan fingerprint density at radius 3 is 2.38 bits per heavy atom. The van der Waals surface area contributed by atoms with Crippen LogP contribution < -0.4 is 0 Å². The number of hydrogen-bond acceptors (Lipinski definition) is 5. The number of ketones is 1. The van der Waals surface area contributed by atoms with Crippen LogP contribution in [0.4, 0.5) is 0 Å². The van der Waals surface area contributed by atoms with Gasteiger partial charge in [-0.05, 0) is 57.2 Å². The highest BCUT2D eigenvalue weighted by Crippen LogP contribution is 2.17. The van der Waals surface area contributed by atoms with Gasteiger partial charge in [0.05, 0.1) is 17.9 Å². The molecule has 152 valence electrons. The molecule has 0 saturated heterocycles. The van der Waals surface area contributed by atoms with E-state index in [1.54, 1.807) is 42.3 Å². The van der Waals surface area contributed by atoms with Gasteiger partial charge in [0.2, 0.25) is 5.78 Å². The first kappa shape index (κ1) is 20.5. The SMILES string of the molecule is COCCn1c(C)cc(C(=O)COC(=O)c2ccc(-n3nccc3C)cc2)c1C. The standard InChI is InChI=1S/C22H25N3O4/c1-15-9-10-23-25(15)19-7-5-18(6-8-19)22(27)29-14-21(26)20-13-16(2)24(17(20)3)11-12-28-4/h5-10,13H,11-12,14H2,1-4H3. The van der Waals surface area contributed by atoms with Gasteiger partial charge >= 0.3 is 5.97 Å². The maximum absolute atomic E-state index is 12.6. The Bertz CT molecular complexity index is 1020. The van der Waals surface area contributed by atoms with Crippen molar-refractivity contribution in [3.05, 3.63) is 70.8 Å². The summed E-state index contributed by atoms with van der Waals surface area (Å²) in [5.74, 6) is -0.755. The van der Waals surface area contributed by atoms with E-state index in [0.717, 1.165) is 22.8 Å². The van der Waals surface area contributed by atoms with Gasteiger partial charge in [-0.3, -0.25) is 4.79 Å². The molecule has 2 aromatic heterocycles. The monoisotopic (exact) mass is 395 g/mol. The highest BCUT2D eigenvalue weighted by Gasteiger charge is 2.18. The zero-order valence-corrected chi connectivity index (χ0v) is 17.1. The number of rotatable bonds is 8. The third-order valence-electron chi connectivity index (χ3n) is 4.91. The Hall–Kier alpha value is -3.19. The number of methoxy groups -OCH3 is 1.